The smallest absolute Gasteiger partial charge is 0.416 e. The highest BCUT2D eigenvalue weighted by Crippen LogP contribution is 2.35. The number of anilines is 3. The fraction of sp³-hybridized carbons (Fsp3) is 0.0476. The van der Waals surface area contributed by atoms with Crippen molar-refractivity contribution in [3.8, 4) is 11.6 Å². The Morgan fingerprint density at radius 2 is 1.76 bits per heavy atom. The topological polar surface area (TPSA) is 63.2 Å². The van der Waals surface area contributed by atoms with Gasteiger partial charge in [0.15, 0.2) is 5.75 Å². The third kappa shape index (κ3) is 5.35. The first-order valence-corrected chi connectivity index (χ1v) is 8.46. The Morgan fingerprint density at radius 3 is 2.38 bits per heavy atom. The molecule has 148 valence electrons. The van der Waals surface area contributed by atoms with Crippen LogP contribution in [0.15, 0.2) is 79.5 Å². The van der Waals surface area contributed by atoms with E-state index >= 15 is 0 Å². The standard InChI is InChI=1S/C21H16F3N3O2/c1-2-19(28)27-16-10-11-17(18(13-16)29-20-5-3-4-12-25-20)26-15-8-6-14(7-9-15)21(22,23)24/h2-13,26H,1H2,(H,27,28). The number of amides is 1. The van der Waals surface area contributed by atoms with Crippen LogP contribution in [0.2, 0.25) is 0 Å². The van der Waals surface area contributed by atoms with Gasteiger partial charge in [-0.2, -0.15) is 13.2 Å². The van der Waals surface area contributed by atoms with Crippen molar-refractivity contribution in [3.63, 3.8) is 0 Å². The molecule has 3 aromatic rings. The van der Waals surface area contributed by atoms with E-state index in [9.17, 15) is 18.0 Å². The number of carbonyl (C=O) groups is 1. The van der Waals surface area contributed by atoms with Crippen LogP contribution in [-0.4, -0.2) is 10.9 Å². The SMILES string of the molecule is C=CC(=O)Nc1ccc(Nc2ccc(C(F)(F)F)cc2)c(Oc2ccccn2)c1. The Kier molecular flexibility index (Phi) is 5.82. The van der Waals surface area contributed by atoms with Gasteiger partial charge >= 0.3 is 6.18 Å². The summed E-state index contributed by atoms with van der Waals surface area (Å²) in [5.41, 5.74) is 0.632. The number of pyridine rings is 1. The lowest BCUT2D eigenvalue weighted by Crippen LogP contribution is -2.07. The highest BCUT2D eigenvalue weighted by Gasteiger charge is 2.29. The monoisotopic (exact) mass is 399 g/mol. The van der Waals surface area contributed by atoms with Gasteiger partial charge < -0.3 is 15.4 Å². The van der Waals surface area contributed by atoms with E-state index in [1.807, 2.05) is 0 Å². The van der Waals surface area contributed by atoms with Crippen molar-refractivity contribution in [2.45, 2.75) is 6.18 Å². The number of nitrogens with zero attached hydrogens (tertiary/aromatic N) is 1. The minimum absolute atomic E-state index is 0.315. The molecule has 1 heterocycles. The highest BCUT2D eigenvalue weighted by atomic mass is 19.4. The average molecular weight is 399 g/mol. The van der Waals surface area contributed by atoms with Crippen LogP contribution in [0.5, 0.6) is 11.6 Å². The van der Waals surface area contributed by atoms with Crippen molar-refractivity contribution in [2.75, 3.05) is 10.6 Å². The van der Waals surface area contributed by atoms with Crippen LogP contribution in [-0.2, 0) is 11.0 Å². The van der Waals surface area contributed by atoms with Crippen molar-refractivity contribution in [2.24, 2.45) is 0 Å². The zero-order valence-corrected chi connectivity index (χ0v) is 15.0. The number of hydrogen-bond donors (Lipinski definition) is 2. The molecule has 0 atom stereocenters. The molecule has 1 aromatic heterocycles. The van der Waals surface area contributed by atoms with E-state index in [1.54, 1.807) is 42.6 Å². The van der Waals surface area contributed by atoms with E-state index in [4.69, 9.17) is 4.74 Å². The van der Waals surface area contributed by atoms with Crippen LogP contribution in [0, 0.1) is 0 Å². The summed E-state index contributed by atoms with van der Waals surface area (Å²) in [5, 5.41) is 5.64. The van der Waals surface area contributed by atoms with E-state index in [0.717, 1.165) is 18.2 Å². The summed E-state index contributed by atoms with van der Waals surface area (Å²) >= 11 is 0. The Hall–Kier alpha value is -3.81. The molecule has 0 unspecified atom stereocenters. The lowest BCUT2D eigenvalue weighted by Gasteiger charge is -2.15. The van der Waals surface area contributed by atoms with Gasteiger partial charge in [0.05, 0.1) is 11.3 Å². The van der Waals surface area contributed by atoms with Gasteiger partial charge in [-0.15, -0.1) is 0 Å². The molecule has 0 saturated heterocycles. The van der Waals surface area contributed by atoms with E-state index in [2.05, 4.69) is 22.2 Å². The molecule has 0 bridgehead atoms. The molecule has 5 nitrogen and oxygen atoms in total. The molecule has 0 aliphatic rings. The zero-order valence-electron chi connectivity index (χ0n) is 15.0. The maximum Gasteiger partial charge on any atom is 0.416 e. The predicted octanol–water partition coefficient (Wildman–Crippen LogP) is 5.76. The van der Waals surface area contributed by atoms with Crippen LogP contribution in [0.25, 0.3) is 0 Å². The number of rotatable bonds is 6. The molecule has 29 heavy (non-hydrogen) atoms. The molecule has 0 spiro atoms. The predicted molar refractivity (Wildman–Crippen MR) is 104 cm³/mol. The van der Waals surface area contributed by atoms with Gasteiger partial charge in [-0.05, 0) is 48.5 Å². The molecule has 3 rings (SSSR count). The summed E-state index contributed by atoms with van der Waals surface area (Å²) in [6.45, 7) is 3.40. The summed E-state index contributed by atoms with van der Waals surface area (Å²) in [6, 6.07) is 14.6. The third-order valence-electron chi connectivity index (χ3n) is 3.78. The number of hydrogen-bond acceptors (Lipinski definition) is 4. The molecular formula is C21H16F3N3O2. The van der Waals surface area contributed by atoms with Gasteiger partial charge in [0.2, 0.25) is 11.8 Å². The average Bonchev–Trinajstić information content (AvgIpc) is 2.70. The first kappa shape index (κ1) is 19.9. The summed E-state index contributed by atoms with van der Waals surface area (Å²) in [5.74, 6) is 0.248. The van der Waals surface area contributed by atoms with E-state index < -0.39 is 17.6 Å². The van der Waals surface area contributed by atoms with Gasteiger partial charge in [0.25, 0.3) is 0 Å². The molecule has 8 heteroatoms. The largest absolute Gasteiger partial charge is 0.437 e. The van der Waals surface area contributed by atoms with Gasteiger partial charge in [0.1, 0.15) is 0 Å². The van der Waals surface area contributed by atoms with E-state index in [1.165, 1.54) is 12.1 Å². The lowest BCUT2D eigenvalue weighted by atomic mass is 10.2. The number of carbonyl (C=O) groups excluding carboxylic acids is 1. The summed E-state index contributed by atoms with van der Waals surface area (Å²) < 4.78 is 44.0. The molecule has 1 amide bonds. The van der Waals surface area contributed by atoms with E-state index in [-0.39, 0.29) is 0 Å². The van der Waals surface area contributed by atoms with Gasteiger partial charge in [-0.3, -0.25) is 4.79 Å². The van der Waals surface area contributed by atoms with Crippen molar-refractivity contribution in [3.05, 3.63) is 85.1 Å². The lowest BCUT2D eigenvalue weighted by molar-refractivity contribution is -0.137. The first-order valence-electron chi connectivity index (χ1n) is 8.46. The number of nitrogens with one attached hydrogen (secondary N) is 2. The molecule has 0 saturated carbocycles. The maximum absolute atomic E-state index is 12.7. The first-order chi connectivity index (χ1) is 13.8. The van der Waals surface area contributed by atoms with Gasteiger partial charge in [-0.1, -0.05) is 12.6 Å². The number of halogens is 3. The second-order valence-corrected chi connectivity index (χ2v) is 5.87. The number of aromatic nitrogens is 1. The van der Waals surface area contributed by atoms with Crippen LogP contribution >= 0.6 is 0 Å². The van der Waals surface area contributed by atoms with Gasteiger partial charge in [-0.25, -0.2) is 4.98 Å². The molecule has 2 aromatic carbocycles. The van der Waals surface area contributed by atoms with Gasteiger partial charge in [0, 0.05) is 29.7 Å². The van der Waals surface area contributed by atoms with Crippen molar-refractivity contribution >= 4 is 23.0 Å². The highest BCUT2D eigenvalue weighted by molar-refractivity contribution is 5.99. The summed E-state index contributed by atoms with van der Waals surface area (Å²) in [7, 11) is 0. The van der Waals surface area contributed by atoms with Crippen LogP contribution in [0.3, 0.4) is 0 Å². The molecule has 0 aliphatic heterocycles. The Bertz CT molecular complexity index is 1000. The quantitative estimate of drug-likeness (QED) is 0.517. The maximum atomic E-state index is 12.7. The fourth-order valence-electron chi connectivity index (χ4n) is 2.40. The Morgan fingerprint density at radius 1 is 1.03 bits per heavy atom. The Labute approximate surface area is 164 Å². The summed E-state index contributed by atoms with van der Waals surface area (Å²) in [6.07, 6.45) is -1.72. The van der Waals surface area contributed by atoms with Crippen molar-refractivity contribution < 1.29 is 22.7 Å². The molecule has 0 aliphatic carbocycles. The summed E-state index contributed by atoms with van der Waals surface area (Å²) in [4.78, 5) is 15.6. The van der Waals surface area contributed by atoms with Crippen molar-refractivity contribution in [1.29, 1.82) is 0 Å². The zero-order chi connectivity index (χ0) is 20.9. The number of alkyl halides is 3. The minimum atomic E-state index is -4.41. The molecule has 0 radical (unpaired) electrons. The van der Waals surface area contributed by atoms with Crippen molar-refractivity contribution in [1.82, 2.24) is 4.98 Å². The Balaban J connectivity index is 1.89. The normalized spacial score (nSPS) is 10.9. The minimum Gasteiger partial charge on any atom is -0.437 e. The van der Waals surface area contributed by atoms with Crippen LogP contribution in [0.1, 0.15) is 5.56 Å². The molecular weight excluding hydrogens is 383 g/mol. The van der Waals surface area contributed by atoms with Crippen LogP contribution in [0.4, 0.5) is 30.2 Å². The third-order valence-corrected chi connectivity index (χ3v) is 3.78. The van der Waals surface area contributed by atoms with Crippen LogP contribution < -0.4 is 15.4 Å². The molecule has 2 N–H and O–H groups in total. The van der Waals surface area contributed by atoms with E-state index in [0.29, 0.717) is 28.7 Å². The second kappa shape index (κ2) is 8.47. The number of ether oxygens (including phenoxy) is 1. The molecule has 0 fully saturated rings. The number of benzene rings is 2. The fourth-order valence-corrected chi connectivity index (χ4v) is 2.40. The second-order valence-electron chi connectivity index (χ2n) is 5.87.